The topological polar surface area (TPSA) is 27.7 Å². The predicted molar refractivity (Wildman–Crippen MR) is 116 cm³/mol. The van der Waals surface area contributed by atoms with Crippen LogP contribution in [0.5, 0.6) is 0 Å². The predicted octanol–water partition coefficient (Wildman–Crippen LogP) is 6.71. The lowest BCUT2D eigenvalue weighted by atomic mass is 9.78. The smallest absolute Gasteiger partial charge is 0.197 e. The first-order valence-corrected chi connectivity index (χ1v) is 11.3. The second-order valence-electron chi connectivity index (χ2n) is 8.89. The molecule has 0 saturated carbocycles. The van der Waals surface area contributed by atoms with Crippen molar-refractivity contribution in [1.29, 1.82) is 0 Å². The number of ether oxygens (including phenoxy) is 3. The number of rotatable bonds is 15. The van der Waals surface area contributed by atoms with Crippen LogP contribution < -0.4 is 0 Å². The first-order valence-electron chi connectivity index (χ1n) is 11.3. The lowest BCUT2D eigenvalue weighted by molar-refractivity contribution is -0.253. The summed E-state index contributed by atoms with van der Waals surface area (Å²) in [5.41, 5.74) is 1.51. The molecule has 0 aliphatic carbocycles. The molecule has 28 heavy (non-hydrogen) atoms. The van der Waals surface area contributed by atoms with Crippen molar-refractivity contribution in [3.8, 4) is 0 Å². The molecule has 1 aliphatic rings. The van der Waals surface area contributed by atoms with Crippen molar-refractivity contribution in [2.24, 2.45) is 11.3 Å². The van der Waals surface area contributed by atoms with E-state index in [0.29, 0.717) is 11.3 Å². The molecule has 0 N–H and O–H groups in total. The van der Waals surface area contributed by atoms with Gasteiger partial charge in [0.25, 0.3) is 0 Å². The van der Waals surface area contributed by atoms with Crippen molar-refractivity contribution in [3.63, 3.8) is 0 Å². The first-order chi connectivity index (χ1) is 13.6. The van der Waals surface area contributed by atoms with Gasteiger partial charge in [0.05, 0.1) is 13.2 Å². The van der Waals surface area contributed by atoms with Crippen molar-refractivity contribution in [2.75, 3.05) is 27.4 Å². The first kappa shape index (κ1) is 23.4. The highest BCUT2D eigenvalue weighted by molar-refractivity contribution is 5.21. The van der Waals surface area contributed by atoms with Crippen molar-refractivity contribution >= 4 is 0 Å². The van der Waals surface area contributed by atoms with E-state index >= 15 is 0 Å². The molecule has 0 radical (unpaired) electrons. The van der Waals surface area contributed by atoms with E-state index in [1.54, 1.807) is 14.2 Å². The van der Waals surface area contributed by atoms with Crippen LogP contribution in [-0.2, 0) is 20.0 Å². The third-order valence-electron chi connectivity index (χ3n) is 6.46. The molecule has 2 rings (SSSR count). The van der Waals surface area contributed by atoms with E-state index in [9.17, 15) is 0 Å². The van der Waals surface area contributed by atoms with Crippen LogP contribution >= 0.6 is 0 Å². The van der Waals surface area contributed by atoms with Crippen LogP contribution in [0.15, 0.2) is 30.3 Å². The summed E-state index contributed by atoms with van der Waals surface area (Å²) in [6.07, 6.45) is 12.6. The van der Waals surface area contributed by atoms with E-state index in [4.69, 9.17) is 14.2 Å². The molecule has 1 atom stereocenters. The number of benzene rings is 1. The van der Waals surface area contributed by atoms with Gasteiger partial charge in [-0.3, -0.25) is 0 Å². The fraction of sp³-hybridized carbons (Fsp3) is 0.760. The summed E-state index contributed by atoms with van der Waals surface area (Å²) in [7, 11) is 3.59. The van der Waals surface area contributed by atoms with Crippen molar-refractivity contribution in [3.05, 3.63) is 35.9 Å². The Kier molecular flexibility index (Phi) is 9.98. The maximum atomic E-state index is 6.11. The fourth-order valence-corrected chi connectivity index (χ4v) is 4.62. The highest BCUT2D eigenvalue weighted by Crippen LogP contribution is 2.42. The average Bonchev–Trinajstić information content (AvgIpc) is 2.71. The van der Waals surface area contributed by atoms with Gasteiger partial charge in [-0.05, 0) is 19.3 Å². The number of hydrogen-bond acceptors (Lipinski definition) is 3. The maximum Gasteiger partial charge on any atom is 0.197 e. The second kappa shape index (κ2) is 11.9. The fourth-order valence-electron chi connectivity index (χ4n) is 4.62. The Morgan fingerprint density at radius 3 is 2.11 bits per heavy atom. The van der Waals surface area contributed by atoms with Gasteiger partial charge in [-0.25, -0.2) is 0 Å². The normalized spacial score (nSPS) is 17.3. The minimum absolute atomic E-state index is 0.362. The van der Waals surface area contributed by atoms with Crippen LogP contribution in [0.3, 0.4) is 0 Å². The number of hydrogen-bond donors (Lipinski definition) is 0. The zero-order valence-electron chi connectivity index (χ0n) is 18.7. The maximum absolute atomic E-state index is 6.11. The molecule has 0 bridgehead atoms. The molecule has 1 aliphatic heterocycles. The van der Waals surface area contributed by atoms with Gasteiger partial charge in [0, 0.05) is 31.1 Å². The van der Waals surface area contributed by atoms with Crippen LogP contribution in [0.25, 0.3) is 0 Å². The molecule has 0 spiro atoms. The summed E-state index contributed by atoms with van der Waals surface area (Å²) >= 11 is 0. The molecule has 1 heterocycles. The van der Waals surface area contributed by atoms with E-state index in [1.807, 2.05) is 0 Å². The third-order valence-corrected chi connectivity index (χ3v) is 6.46. The molecule has 1 unspecified atom stereocenters. The quantitative estimate of drug-likeness (QED) is 0.246. The summed E-state index contributed by atoms with van der Waals surface area (Å²) in [5, 5.41) is 0. The zero-order chi connectivity index (χ0) is 20.3. The highest BCUT2D eigenvalue weighted by atomic mass is 16.7. The Morgan fingerprint density at radius 1 is 0.929 bits per heavy atom. The molecule has 1 aromatic carbocycles. The van der Waals surface area contributed by atoms with Gasteiger partial charge >= 0.3 is 0 Å². The van der Waals surface area contributed by atoms with Gasteiger partial charge in [-0.15, -0.1) is 0 Å². The summed E-state index contributed by atoms with van der Waals surface area (Å²) in [4.78, 5) is 0. The Hall–Kier alpha value is -0.900. The van der Waals surface area contributed by atoms with Crippen molar-refractivity contribution in [1.82, 2.24) is 0 Å². The SMILES string of the molecule is CCCCCCCCC(CCCC1(C)COC1)C(OC)(OC)c1ccccc1. The molecular formula is C25H42O3. The highest BCUT2D eigenvalue weighted by Gasteiger charge is 2.41. The zero-order valence-corrected chi connectivity index (χ0v) is 18.7. The Balaban J connectivity index is 2.02. The molecule has 3 nitrogen and oxygen atoms in total. The van der Waals surface area contributed by atoms with Crippen LogP contribution in [0.1, 0.15) is 83.6 Å². The Labute approximate surface area is 173 Å². The average molecular weight is 391 g/mol. The van der Waals surface area contributed by atoms with Gasteiger partial charge in [0.1, 0.15) is 0 Å². The van der Waals surface area contributed by atoms with Crippen LogP contribution in [0, 0.1) is 11.3 Å². The second-order valence-corrected chi connectivity index (χ2v) is 8.89. The van der Waals surface area contributed by atoms with Gasteiger partial charge in [0.15, 0.2) is 5.79 Å². The molecule has 1 aromatic rings. The summed E-state index contributed by atoms with van der Waals surface area (Å²) in [6.45, 7) is 6.44. The summed E-state index contributed by atoms with van der Waals surface area (Å²) in [6, 6.07) is 10.5. The third kappa shape index (κ3) is 6.30. The van der Waals surface area contributed by atoms with Gasteiger partial charge in [-0.1, -0.05) is 89.1 Å². The molecule has 0 aromatic heterocycles. The molecule has 160 valence electrons. The van der Waals surface area contributed by atoms with Gasteiger partial charge < -0.3 is 14.2 Å². The molecule has 1 fully saturated rings. The van der Waals surface area contributed by atoms with E-state index in [1.165, 1.54) is 51.4 Å². The van der Waals surface area contributed by atoms with Crippen LogP contribution in [-0.4, -0.2) is 27.4 Å². The number of unbranched alkanes of at least 4 members (excludes halogenated alkanes) is 5. The standard InChI is InChI=1S/C25H42O3/c1-5-6-7-8-9-11-15-23(18-14-19-24(2)20-28-21-24)25(26-3,27-4)22-16-12-10-13-17-22/h10,12-13,16-17,23H,5-9,11,14-15,18-21H2,1-4H3. The molecular weight excluding hydrogens is 348 g/mol. The van der Waals surface area contributed by atoms with Crippen LogP contribution in [0.2, 0.25) is 0 Å². The van der Waals surface area contributed by atoms with E-state index in [-0.39, 0.29) is 0 Å². The summed E-state index contributed by atoms with van der Waals surface area (Å²) < 4.78 is 17.7. The number of methoxy groups -OCH3 is 2. The molecule has 3 heteroatoms. The Morgan fingerprint density at radius 2 is 1.54 bits per heavy atom. The lowest BCUT2D eigenvalue weighted by Crippen LogP contribution is -2.41. The van der Waals surface area contributed by atoms with Gasteiger partial charge in [0.2, 0.25) is 0 Å². The van der Waals surface area contributed by atoms with Crippen molar-refractivity contribution in [2.45, 2.75) is 83.8 Å². The van der Waals surface area contributed by atoms with Crippen molar-refractivity contribution < 1.29 is 14.2 Å². The Bertz CT molecular complexity index is 520. The summed E-state index contributed by atoms with van der Waals surface area (Å²) in [5.74, 6) is -0.289. The molecule has 0 amide bonds. The van der Waals surface area contributed by atoms with E-state index in [2.05, 4.69) is 44.2 Å². The minimum Gasteiger partial charge on any atom is -0.380 e. The van der Waals surface area contributed by atoms with Gasteiger partial charge in [-0.2, -0.15) is 0 Å². The minimum atomic E-state index is -0.651. The van der Waals surface area contributed by atoms with E-state index in [0.717, 1.165) is 31.6 Å². The van der Waals surface area contributed by atoms with Crippen LogP contribution in [0.4, 0.5) is 0 Å². The largest absolute Gasteiger partial charge is 0.380 e. The lowest BCUT2D eigenvalue weighted by Gasteiger charge is -2.41. The monoisotopic (exact) mass is 390 g/mol. The van der Waals surface area contributed by atoms with E-state index < -0.39 is 5.79 Å². The molecule has 1 saturated heterocycles.